The third-order valence-corrected chi connectivity index (χ3v) is 4.39. The molecule has 0 saturated carbocycles. The Kier molecular flexibility index (Phi) is 4.04. The van der Waals surface area contributed by atoms with Crippen molar-refractivity contribution < 1.29 is 18.3 Å². The molecule has 2 aliphatic heterocycles. The van der Waals surface area contributed by atoms with Crippen molar-refractivity contribution in [2.24, 2.45) is 0 Å². The summed E-state index contributed by atoms with van der Waals surface area (Å²) in [7, 11) is 0. The summed E-state index contributed by atoms with van der Waals surface area (Å²) in [6, 6.07) is 3.17. The van der Waals surface area contributed by atoms with Gasteiger partial charge in [0, 0.05) is 37.0 Å². The molecule has 1 aromatic carbocycles. The molecule has 0 N–H and O–H groups in total. The fourth-order valence-electron chi connectivity index (χ4n) is 3.01. The van der Waals surface area contributed by atoms with Crippen LogP contribution in [0.25, 0.3) is 0 Å². The highest BCUT2D eigenvalue weighted by atomic mass is 19.2. The van der Waals surface area contributed by atoms with Crippen molar-refractivity contribution in [2.45, 2.75) is 13.1 Å². The zero-order valence-corrected chi connectivity index (χ0v) is 13.4. The number of benzene rings is 1. The molecule has 4 rings (SSSR count). The molecule has 1 aromatic heterocycles. The SMILES string of the molecule is O=C(c1ccc(F)c(F)c1)N1Cc2cnc(N3CCOCC3)nc2C1. The van der Waals surface area contributed by atoms with Crippen LogP contribution in [0.1, 0.15) is 21.6 Å². The van der Waals surface area contributed by atoms with Gasteiger partial charge in [0.05, 0.1) is 25.5 Å². The van der Waals surface area contributed by atoms with E-state index in [-0.39, 0.29) is 11.5 Å². The van der Waals surface area contributed by atoms with Crippen LogP contribution in [0.5, 0.6) is 0 Å². The Bertz CT molecular complexity index is 824. The molecule has 0 unspecified atom stereocenters. The molecular weight excluding hydrogens is 330 g/mol. The van der Waals surface area contributed by atoms with Gasteiger partial charge in [-0.1, -0.05) is 0 Å². The number of carbonyl (C=O) groups is 1. The van der Waals surface area contributed by atoms with Crippen LogP contribution < -0.4 is 4.90 Å². The third-order valence-electron chi connectivity index (χ3n) is 4.39. The van der Waals surface area contributed by atoms with Gasteiger partial charge in [-0.15, -0.1) is 0 Å². The molecule has 25 heavy (non-hydrogen) atoms. The molecule has 0 spiro atoms. The molecule has 1 amide bonds. The summed E-state index contributed by atoms with van der Waals surface area (Å²) in [4.78, 5) is 25.1. The van der Waals surface area contributed by atoms with E-state index in [9.17, 15) is 13.6 Å². The molecule has 6 nitrogen and oxygen atoms in total. The lowest BCUT2D eigenvalue weighted by Gasteiger charge is -2.26. The largest absolute Gasteiger partial charge is 0.378 e. The minimum atomic E-state index is -1.03. The number of morpholine rings is 1. The number of rotatable bonds is 2. The number of nitrogens with zero attached hydrogens (tertiary/aromatic N) is 4. The maximum atomic E-state index is 13.4. The van der Waals surface area contributed by atoms with E-state index in [0.29, 0.717) is 32.3 Å². The average Bonchev–Trinajstić information content (AvgIpc) is 3.07. The first-order valence-electron chi connectivity index (χ1n) is 8.03. The van der Waals surface area contributed by atoms with Crippen molar-refractivity contribution in [3.05, 3.63) is 52.9 Å². The molecule has 8 heteroatoms. The molecule has 3 heterocycles. The predicted molar refractivity (Wildman–Crippen MR) is 85.0 cm³/mol. The quantitative estimate of drug-likeness (QED) is 0.829. The Morgan fingerprint density at radius 2 is 1.92 bits per heavy atom. The molecule has 2 aromatic rings. The summed E-state index contributed by atoms with van der Waals surface area (Å²) >= 11 is 0. The number of fused-ring (bicyclic) bond motifs is 1. The summed E-state index contributed by atoms with van der Waals surface area (Å²) in [5.74, 6) is -1.73. The first-order chi connectivity index (χ1) is 12.1. The second kappa shape index (κ2) is 6.36. The van der Waals surface area contributed by atoms with E-state index in [1.165, 1.54) is 6.07 Å². The molecule has 130 valence electrons. The van der Waals surface area contributed by atoms with E-state index in [2.05, 4.69) is 9.97 Å². The molecule has 0 aliphatic carbocycles. The Morgan fingerprint density at radius 3 is 2.68 bits per heavy atom. The smallest absolute Gasteiger partial charge is 0.254 e. The van der Waals surface area contributed by atoms with Crippen molar-refractivity contribution in [1.82, 2.24) is 14.9 Å². The zero-order valence-electron chi connectivity index (χ0n) is 13.4. The number of carbonyl (C=O) groups excluding carboxylic acids is 1. The van der Waals surface area contributed by atoms with Crippen LogP contribution in [0.15, 0.2) is 24.4 Å². The van der Waals surface area contributed by atoms with Crippen LogP contribution in [-0.4, -0.2) is 47.1 Å². The van der Waals surface area contributed by atoms with Crippen LogP contribution in [0.4, 0.5) is 14.7 Å². The topological polar surface area (TPSA) is 58.6 Å². The number of halogens is 2. The normalized spacial score (nSPS) is 16.9. The molecular formula is C17H16F2N4O2. The fourth-order valence-corrected chi connectivity index (χ4v) is 3.01. The molecule has 0 bridgehead atoms. The average molecular weight is 346 g/mol. The Hall–Kier alpha value is -2.61. The van der Waals surface area contributed by atoms with Crippen molar-refractivity contribution in [1.29, 1.82) is 0 Å². The van der Waals surface area contributed by atoms with Gasteiger partial charge in [-0.2, -0.15) is 0 Å². The summed E-state index contributed by atoms with van der Waals surface area (Å²) in [5, 5.41) is 0. The van der Waals surface area contributed by atoms with Crippen molar-refractivity contribution in [3.63, 3.8) is 0 Å². The van der Waals surface area contributed by atoms with Gasteiger partial charge in [0.1, 0.15) is 0 Å². The molecule has 1 fully saturated rings. The highest BCUT2D eigenvalue weighted by Gasteiger charge is 2.27. The maximum absolute atomic E-state index is 13.4. The lowest BCUT2D eigenvalue weighted by Crippen LogP contribution is -2.37. The van der Waals surface area contributed by atoms with Crippen LogP contribution >= 0.6 is 0 Å². The molecule has 0 radical (unpaired) electrons. The van der Waals surface area contributed by atoms with Crippen LogP contribution in [0, 0.1) is 11.6 Å². The lowest BCUT2D eigenvalue weighted by molar-refractivity contribution is 0.0750. The van der Waals surface area contributed by atoms with Gasteiger partial charge in [-0.05, 0) is 18.2 Å². The van der Waals surface area contributed by atoms with E-state index in [1.807, 2.05) is 4.90 Å². The van der Waals surface area contributed by atoms with Crippen LogP contribution in [-0.2, 0) is 17.8 Å². The number of hydrogen-bond acceptors (Lipinski definition) is 5. The van der Waals surface area contributed by atoms with Gasteiger partial charge in [-0.25, -0.2) is 18.7 Å². The second-order valence-corrected chi connectivity index (χ2v) is 6.03. The summed E-state index contributed by atoms with van der Waals surface area (Å²) in [6.07, 6.45) is 1.73. The Labute approximate surface area is 143 Å². The van der Waals surface area contributed by atoms with E-state index in [0.717, 1.165) is 36.5 Å². The highest BCUT2D eigenvalue weighted by molar-refractivity contribution is 5.94. The third kappa shape index (κ3) is 3.05. The predicted octanol–water partition coefficient (Wildman–Crippen LogP) is 1.75. The number of ether oxygens (including phenoxy) is 1. The Balaban J connectivity index is 1.52. The number of hydrogen-bond donors (Lipinski definition) is 0. The highest BCUT2D eigenvalue weighted by Crippen LogP contribution is 2.24. The summed E-state index contributed by atoms with van der Waals surface area (Å²) in [5.41, 5.74) is 1.77. The lowest BCUT2D eigenvalue weighted by atomic mass is 10.2. The van der Waals surface area contributed by atoms with Crippen molar-refractivity contribution in [2.75, 3.05) is 31.2 Å². The Morgan fingerprint density at radius 1 is 1.12 bits per heavy atom. The molecule has 1 saturated heterocycles. The number of amides is 1. The standard InChI is InChI=1S/C17H16F2N4O2/c18-13-2-1-11(7-14(13)19)16(24)23-9-12-8-20-17(21-15(12)10-23)22-3-5-25-6-4-22/h1-2,7-8H,3-6,9-10H2. The first-order valence-corrected chi connectivity index (χ1v) is 8.03. The number of aromatic nitrogens is 2. The van der Waals surface area contributed by atoms with E-state index in [4.69, 9.17) is 4.74 Å². The van der Waals surface area contributed by atoms with Crippen LogP contribution in [0.2, 0.25) is 0 Å². The molecule has 0 atom stereocenters. The van der Waals surface area contributed by atoms with Gasteiger partial charge in [0.15, 0.2) is 11.6 Å². The van der Waals surface area contributed by atoms with Gasteiger partial charge in [0.2, 0.25) is 5.95 Å². The molecule has 2 aliphatic rings. The van der Waals surface area contributed by atoms with Gasteiger partial charge < -0.3 is 14.5 Å². The van der Waals surface area contributed by atoms with Crippen LogP contribution in [0.3, 0.4) is 0 Å². The van der Waals surface area contributed by atoms with Crippen molar-refractivity contribution >= 4 is 11.9 Å². The van der Waals surface area contributed by atoms with E-state index in [1.54, 1.807) is 11.1 Å². The minimum absolute atomic E-state index is 0.119. The van der Waals surface area contributed by atoms with E-state index >= 15 is 0 Å². The first kappa shape index (κ1) is 15.9. The second-order valence-electron chi connectivity index (χ2n) is 6.03. The monoisotopic (exact) mass is 346 g/mol. The minimum Gasteiger partial charge on any atom is -0.378 e. The van der Waals surface area contributed by atoms with Crippen molar-refractivity contribution in [3.8, 4) is 0 Å². The summed E-state index contributed by atoms with van der Waals surface area (Å²) < 4.78 is 31.7. The van der Waals surface area contributed by atoms with Gasteiger partial charge in [-0.3, -0.25) is 4.79 Å². The zero-order chi connectivity index (χ0) is 17.4. The van der Waals surface area contributed by atoms with E-state index < -0.39 is 11.6 Å². The number of anilines is 1. The fraction of sp³-hybridized carbons (Fsp3) is 0.353. The van der Waals surface area contributed by atoms with Gasteiger partial charge >= 0.3 is 0 Å². The summed E-state index contributed by atoms with van der Waals surface area (Å²) in [6.45, 7) is 3.43. The van der Waals surface area contributed by atoms with Gasteiger partial charge in [0.25, 0.3) is 5.91 Å². The maximum Gasteiger partial charge on any atom is 0.254 e.